The molecule has 0 radical (unpaired) electrons. The maximum absolute atomic E-state index is 14.1. The van der Waals surface area contributed by atoms with Crippen molar-refractivity contribution in [2.75, 3.05) is 12.3 Å². The molecule has 0 spiro atoms. The third kappa shape index (κ3) is 7.01. The number of nitrogen functional groups attached to an aromatic ring is 1. The largest absolute Gasteiger partial charge is 0.463 e. The maximum Gasteiger partial charge on any atom is 0.303 e. The zero-order valence-electron chi connectivity index (χ0n) is 21.1. The van der Waals surface area contributed by atoms with Gasteiger partial charge in [0.1, 0.15) is 35.6 Å². The van der Waals surface area contributed by atoms with Gasteiger partial charge >= 0.3 is 17.9 Å². The molecular weight excluding hydrogens is 612 g/mol. The highest BCUT2D eigenvalue weighted by Crippen LogP contribution is 2.43. The molecule has 1 saturated heterocycles. The number of hydrogen-bond donors (Lipinski definition) is 1. The Labute approximate surface area is 245 Å². The first-order valence-corrected chi connectivity index (χ1v) is 14.0. The summed E-state index contributed by atoms with van der Waals surface area (Å²) in [5, 5.41) is 9.89. The Kier molecular flexibility index (Phi) is 9.51. The van der Waals surface area contributed by atoms with Crippen molar-refractivity contribution in [3.05, 3.63) is 39.6 Å². The van der Waals surface area contributed by atoms with Gasteiger partial charge in [-0.3, -0.25) is 14.4 Å². The van der Waals surface area contributed by atoms with Crippen molar-refractivity contribution >= 4 is 69.3 Å². The Bertz CT molecular complexity index is 1400. The van der Waals surface area contributed by atoms with Crippen LogP contribution in [0.25, 0.3) is 11.4 Å². The Morgan fingerprint density at radius 3 is 2.33 bits per heavy atom. The van der Waals surface area contributed by atoms with E-state index in [4.69, 9.17) is 47.9 Å². The highest BCUT2D eigenvalue weighted by Gasteiger charge is 2.52. The molecule has 1 aromatic carbocycles. The summed E-state index contributed by atoms with van der Waals surface area (Å²) in [4.78, 5) is 40.7. The van der Waals surface area contributed by atoms with E-state index in [2.05, 4.69) is 15.3 Å². The molecule has 4 rings (SSSR count). The Morgan fingerprint density at radius 1 is 1.10 bits per heavy atom. The Hall–Kier alpha value is -2.98. The molecule has 5 atom stereocenters. The minimum atomic E-state index is -1.16. The Balaban J connectivity index is 1.80. The number of rotatable bonds is 8. The first kappa shape index (κ1) is 30.0. The summed E-state index contributed by atoms with van der Waals surface area (Å²) in [6, 6.07) is 1.63. The number of hydrogen-bond acceptors (Lipinski definition) is 13. The molecule has 1 fully saturated rings. The van der Waals surface area contributed by atoms with Gasteiger partial charge in [0.2, 0.25) is 0 Å². The number of thiazole rings is 1. The van der Waals surface area contributed by atoms with Crippen molar-refractivity contribution in [1.29, 1.82) is 0 Å². The van der Waals surface area contributed by atoms with Crippen LogP contribution in [0, 0.1) is 5.82 Å². The summed E-state index contributed by atoms with van der Waals surface area (Å²) in [6.45, 7) is 3.28. The van der Waals surface area contributed by atoms with Crippen LogP contribution in [-0.2, 0) is 33.3 Å². The third-order valence-electron chi connectivity index (χ3n) is 5.48. The number of aromatic nitrogens is 4. The number of nitrogens with two attached hydrogens (primary N) is 1. The summed E-state index contributed by atoms with van der Waals surface area (Å²) in [5.74, 6) is -2.75. The number of carbonyl (C=O) groups excluding carboxylic acids is 3. The van der Waals surface area contributed by atoms with E-state index in [0.717, 1.165) is 11.8 Å². The molecule has 1 aliphatic rings. The van der Waals surface area contributed by atoms with Gasteiger partial charge in [0.05, 0.1) is 16.2 Å². The molecule has 2 aromatic heterocycles. The first-order valence-electron chi connectivity index (χ1n) is 11.5. The second kappa shape index (κ2) is 12.7. The highest BCUT2D eigenvalue weighted by atomic mass is 35.5. The van der Waals surface area contributed by atoms with E-state index in [1.807, 2.05) is 0 Å². The van der Waals surface area contributed by atoms with E-state index in [0.29, 0.717) is 21.4 Å². The van der Waals surface area contributed by atoms with Crippen LogP contribution >= 0.6 is 46.3 Å². The van der Waals surface area contributed by atoms with Gasteiger partial charge < -0.3 is 24.7 Å². The van der Waals surface area contributed by atoms with E-state index >= 15 is 0 Å². The number of esters is 3. The number of benzene rings is 1. The average Bonchev–Trinajstić information content (AvgIpc) is 3.51. The zero-order valence-corrected chi connectivity index (χ0v) is 24.2. The minimum absolute atomic E-state index is 0.232. The molecular formula is C23H22Cl2FN5O7S2. The quantitative estimate of drug-likeness (QED) is 0.217. The van der Waals surface area contributed by atoms with Crippen LogP contribution in [0.4, 0.5) is 9.52 Å². The standard InChI is InChI=1S/C23H22Cl2FN5O7S2/c1-9(32)35-7-17-20(36-10(2)33)19(31-6-15(29-30-31)16-8-39-23(27)28-16)21(37-11(3)34)22(38-17)40-12-4-13(24)18(26)14(25)5-12/h4-6,8,17,19-22H,7H2,1-3H3,(H2,27,28)/t17?,19?,20-,21?,22+/m0/s1. The van der Waals surface area contributed by atoms with Crippen molar-refractivity contribution in [1.82, 2.24) is 20.0 Å². The molecule has 40 heavy (non-hydrogen) atoms. The second-order valence-corrected chi connectivity index (χ2v) is 11.3. The molecule has 0 bridgehead atoms. The van der Waals surface area contributed by atoms with Gasteiger partial charge in [-0.15, -0.1) is 16.4 Å². The van der Waals surface area contributed by atoms with E-state index in [9.17, 15) is 18.8 Å². The summed E-state index contributed by atoms with van der Waals surface area (Å²) < 4.78 is 38.1. The molecule has 17 heteroatoms. The molecule has 3 heterocycles. The molecule has 0 amide bonds. The monoisotopic (exact) mass is 633 g/mol. The molecule has 2 N–H and O–H groups in total. The number of thioether (sulfide) groups is 1. The van der Waals surface area contributed by atoms with Crippen molar-refractivity contribution in [3.63, 3.8) is 0 Å². The molecule has 3 aromatic rings. The SMILES string of the molecule is CC(=O)OCC1O[C@H](Sc2cc(Cl)c(F)c(Cl)c2)C(OC(C)=O)C(n2cc(-c3csc(N)n3)nn2)[C@H]1OC(C)=O. The fourth-order valence-electron chi connectivity index (χ4n) is 3.96. The summed E-state index contributed by atoms with van der Waals surface area (Å²) >= 11 is 14.2. The van der Waals surface area contributed by atoms with Gasteiger partial charge in [0.15, 0.2) is 23.2 Å². The van der Waals surface area contributed by atoms with Gasteiger partial charge in [-0.1, -0.05) is 40.2 Å². The lowest BCUT2D eigenvalue weighted by Gasteiger charge is -2.44. The third-order valence-corrected chi connectivity index (χ3v) is 7.82. The van der Waals surface area contributed by atoms with Crippen LogP contribution in [0.5, 0.6) is 0 Å². The highest BCUT2D eigenvalue weighted by molar-refractivity contribution is 7.99. The topological polar surface area (TPSA) is 158 Å². The van der Waals surface area contributed by atoms with E-state index < -0.39 is 53.5 Å². The summed E-state index contributed by atoms with van der Waals surface area (Å²) in [6.07, 6.45) is -1.84. The maximum atomic E-state index is 14.1. The fourth-order valence-corrected chi connectivity index (χ4v) is 6.32. The number of anilines is 1. The number of halogens is 3. The van der Waals surface area contributed by atoms with Crippen molar-refractivity contribution in [2.24, 2.45) is 0 Å². The van der Waals surface area contributed by atoms with Crippen LogP contribution in [0.1, 0.15) is 26.8 Å². The molecule has 0 saturated carbocycles. The van der Waals surface area contributed by atoms with Gasteiger partial charge in [-0.25, -0.2) is 14.1 Å². The van der Waals surface area contributed by atoms with Crippen molar-refractivity contribution < 1.29 is 37.7 Å². The molecule has 1 aliphatic heterocycles. The minimum Gasteiger partial charge on any atom is -0.463 e. The lowest BCUT2D eigenvalue weighted by Crippen LogP contribution is -2.57. The van der Waals surface area contributed by atoms with Gasteiger partial charge in [0, 0.05) is 31.0 Å². The van der Waals surface area contributed by atoms with Crippen LogP contribution in [0.15, 0.2) is 28.6 Å². The van der Waals surface area contributed by atoms with Crippen molar-refractivity contribution in [3.8, 4) is 11.4 Å². The zero-order chi connectivity index (χ0) is 29.1. The number of ether oxygens (including phenoxy) is 4. The van der Waals surface area contributed by atoms with Crippen LogP contribution in [-0.4, -0.2) is 68.2 Å². The average molecular weight is 634 g/mol. The smallest absolute Gasteiger partial charge is 0.303 e. The van der Waals surface area contributed by atoms with Crippen LogP contribution in [0.2, 0.25) is 10.0 Å². The Morgan fingerprint density at radius 2 is 1.75 bits per heavy atom. The van der Waals surface area contributed by atoms with E-state index in [1.165, 1.54) is 55.1 Å². The first-order chi connectivity index (χ1) is 18.9. The lowest BCUT2D eigenvalue weighted by atomic mass is 9.96. The summed E-state index contributed by atoms with van der Waals surface area (Å²) in [7, 11) is 0. The lowest BCUT2D eigenvalue weighted by molar-refractivity contribution is -0.212. The van der Waals surface area contributed by atoms with Crippen LogP contribution < -0.4 is 5.73 Å². The fraction of sp³-hybridized carbons (Fsp3) is 0.391. The molecule has 12 nitrogen and oxygen atoms in total. The van der Waals surface area contributed by atoms with Gasteiger partial charge in [-0.2, -0.15) is 0 Å². The van der Waals surface area contributed by atoms with Gasteiger partial charge in [0.25, 0.3) is 0 Å². The molecule has 3 unspecified atom stereocenters. The number of carbonyl (C=O) groups is 3. The molecule has 0 aliphatic carbocycles. The van der Waals surface area contributed by atoms with Gasteiger partial charge in [-0.05, 0) is 12.1 Å². The van der Waals surface area contributed by atoms with Crippen LogP contribution in [0.3, 0.4) is 0 Å². The van der Waals surface area contributed by atoms with E-state index in [1.54, 1.807) is 5.38 Å². The predicted molar refractivity (Wildman–Crippen MR) is 143 cm³/mol. The van der Waals surface area contributed by atoms with Crippen molar-refractivity contribution in [2.45, 2.75) is 55.5 Å². The summed E-state index contributed by atoms with van der Waals surface area (Å²) in [5.41, 5.74) is 5.52. The van der Waals surface area contributed by atoms with E-state index in [-0.39, 0.29) is 16.7 Å². The normalized spacial score (nSPS) is 22.5. The second-order valence-electron chi connectivity index (χ2n) is 8.46. The number of nitrogens with zero attached hydrogens (tertiary/aromatic N) is 4. The molecule has 214 valence electrons. The predicted octanol–water partition coefficient (Wildman–Crippen LogP) is 3.91.